The Balaban J connectivity index is 1.96. The van der Waals surface area contributed by atoms with E-state index in [1.54, 1.807) is 11.8 Å². The minimum atomic E-state index is -0.550. The third kappa shape index (κ3) is 2.93. The van der Waals surface area contributed by atoms with Gasteiger partial charge in [-0.2, -0.15) is 0 Å². The lowest BCUT2D eigenvalue weighted by molar-refractivity contribution is -0.149. The van der Waals surface area contributed by atoms with Gasteiger partial charge >= 0.3 is 5.97 Å². The highest BCUT2D eigenvalue weighted by atomic mass is 32.2. The molecule has 0 N–H and O–H groups in total. The molecular weight excluding hydrogens is 248 g/mol. The molecule has 96 valence electrons. The number of hydrogen-bond acceptors (Lipinski definition) is 4. The minimum absolute atomic E-state index is 0.0283. The molecule has 0 saturated heterocycles. The summed E-state index contributed by atoms with van der Waals surface area (Å²) in [4.78, 5) is 24.4. The van der Waals surface area contributed by atoms with Crippen LogP contribution in [0.15, 0.2) is 35.2 Å². The van der Waals surface area contributed by atoms with Gasteiger partial charge in [0.25, 0.3) is 0 Å². The molecular formula is C14H16O3S. The van der Waals surface area contributed by atoms with Crippen molar-refractivity contribution in [2.75, 3.05) is 12.9 Å². The van der Waals surface area contributed by atoms with Gasteiger partial charge in [0.2, 0.25) is 0 Å². The average molecular weight is 264 g/mol. The summed E-state index contributed by atoms with van der Waals surface area (Å²) in [6.45, 7) is 0. The number of ether oxygens (including phenoxy) is 1. The highest BCUT2D eigenvalue weighted by Crippen LogP contribution is 2.34. The normalized spacial score (nSPS) is 23.1. The SMILES string of the molecule is COC(=O)C1C(=O)CCC1CSc1ccccc1. The fourth-order valence-electron chi connectivity index (χ4n) is 2.26. The van der Waals surface area contributed by atoms with Crippen molar-refractivity contribution in [3.63, 3.8) is 0 Å². The Morgan fingerprint density at radius 2 is 2.11 bits per heavy atom. The van der Waals surface area contributed by atoms with Crippen molar-refractivity contribution < 1.29 is 14.3 Å². The zero-order valence-corrected chi connectivity index (χ0v) is 11.1. The summed E-state index contributed by atoms with van der Waals surface area (Å²) in [5, 5.41) is 0. The molecule has 0 aromatic heterocycles. The molecule has 1 aliphatic carbocycles. The summed E-state index contributed by atoms with van der Waals surface area (Å²) >= 11 is 1.69. The summed E-state index contributed by atoms with van der Waals surface area (Å²) in [6.07, 6.45) is 1.29. The lowest BCUT2D eigenvalue weighted by Gasteiger charge is -2.15. The van der Waals surface area contributed by atoms with Crippen molar-refractivity contribution in [3.05, 3.63) is 30.3 Å². The molecule has 0 aliphatic heterocycles. The van der Waals surface area contributed by atoms with Crippen LogP contribution < -0.4 is 0 Å². The van der Waals surface area contributed by atoms with Gasteiger partial charge < -0.3 is 4.74 Å². The average Bonchev–Trinajstić information content (AvgIpc) is 2.78. The Labute approximate surface area is 111 Å². The van der Waals surface area contributed by atoms with E-state index in [9.17, 15) is 9.59 Å². The number of hydrogen-bond donors (Lipinski definition) is 0. The van der Waals surface area contributed by atoms with Gasteiger partial charge in [-0.15, -0.1) is 11.8 Å². The fourth-order valence-corrected chi connectivity index (χ4v) is 3.38. The number of thioether (sulfide) groups is 1. The maximum absolute atomic E-state index is 11.7. The van der Waals surface area contributed by atoms with Crippen molar-refractivity contribution in [1.82, 2.24) is 0 Å². The van der Waals surface area contributed by atoms with Crippen LogP contribution in [0.25, 0.3) is 0 Å². The largest absolute Gasteiger partial charge is 0.468 e. The van der Waals surface area contributed by atoms with Crippen molar-refractivity contribution in [2.24, 2.45) is 11.8 Å². The van der Waals surface area contributed by atoms with Gasteiger partial charge in [-0.25, -0.2) is 0 Å². The van der Waals surface area contributed by atoms with Gasteiger partial charge in [-0.3, -0.25) is 9.59 Å². The maximum Gasteiger partial charge on any atom is 0.316 e. The van der Waals surface area contributed by atoms with Crippen LogP contribution >= 0.6 is 11.8 Å². The van der Waals surface area contributed by atoms with Gasteiger partial charge in [0.15, 0.2) is 0 Å². The van der Waals surface area contributed by atoms with Crippen LogP contribution in [0, 0.1) is 11.8 Å². The van der Waals surface area contributed by atoms with Gasteiger partial charge in [0.05, 0.1) is 7.11 Å². The second-order valence-electron chi connectivity index (χ2n) is 4.39. The van der Waals surface area contributed by atoms with E-state index in [0.717, 1.165) is 12.2 Å². The molecule has 1 aromatic carbocycles. The summed E-state index contributed by atoms with van der Waals surface area (Å²) in [7, 11) is 1.34. The highest BCUT2D eigenvalue weighted by molar-refractivity contribution is 7.99. The predicted molar refractivity (Wildman–Crippen MR) is 70.4 cm³/mol. The number of ketones is 1. The first-order valence-electron chi connectivity index (χ1n) is 6.00. The van der Waals surface area contributed by atoms with Crippen molar-refractivity contribution in [2.45, 2.75) is 17.7 Å². The Hall–Kier alpha value is -1.29. The molecule has 1 saturated carbocycles. The molecule has 4 heteroatoms. The van der Waals surface area contributed by atoms with Crippen molar-refractivity contribution >= 4 is 23.5 Å². The molecule has 0 spiro atoms. The summed E-state index contributed by atoms with van der Waals surface area (Å²) < 4.78 is 4.72. The monoisotopic (exact) mass is 264 g/mol. The highest BCUT2D eigenvalue weighted by Gasteiger charge is 2.40. The summed E-state index contributed by atoms with van der Waals surface area (Å²) in [5.41, 5.74) is 0. The van der Waals surface area contributed by atoms with Crippen LogP contribution in [0.2, 0.25) is 0 Å². The second-order valence-corrected chi connectivity index (χ2v) is 5.48. The van der Waals surface area contributed by atoms with Crippen LogP contribution in [0.1, 0.15) is 12.8 Å². The first kappa shape index (κ1) is 13.1. The molecule has 2 rings (SSSR count). The van der Waals surface area contributed by atoms with E-state index in [0.29, 0.717) is 6.42 Å². The maximum atomic E-state index is 11.7. The number of carbonyl (C=O) groups is 2. The molecule has 18 heavy (non-hydrogen) atoms. The molecule has 0 radical (unpaired) electrons. The lowest BCUT2D eigenvalue weighted by Crippen LogP contribution is -2.27. The van der Waals surface area contributed by atoms with E-state index in [1.165, 1.54) is 12.0 Å². The lowest BCUT2D eigenvalue weighted by atomic mass is 9.98. The standard InChI is InChI=1S/C14H16O3S/c1-17-14(16)13-10(7-8-12(13)15)9-18-11-5-3-2-4-6-11/h2-6,10,13H,7-9H2,1H3. The van der Waals surface area contributed by atoms with Crippen molar-refractivity contribution in [1.29, 1.82) is 0 Å². The van der Waals surface area contributed by atoms with E-state index in [-0.39, 0.29) is 17.7 Å². The van der Waals surface area contributed by atoms with E-state index < -0.39 is 5.92 Å². The van der Waals surface area contributed by atoms with Crippen LogP contribution in [0.3, 0.4) is 0 Å². The summed E-state index contributed by atoms with van der Waals surface area (Å²) in [6, 6.07) is 10.0. The molecule has 3 nitrogen and oxygen atoms in total. The number of methoxy groups -OCH3 is 1. The molecule has 1 aromatic rings. The molecule has 2 atom stereocenters. The van der Waals surface area contributed by atoms with E-state index in [2.05, 4.69) is 0 Å². The van der Waals surface area contributed by atoms with E-state index in [1.807, 2.05) is 30.3 Å². The van der Waals surface area contributed by atoms with E-state index >= 15 is 0 Å². The number of carbonyl (C=O) groups excluding carboxylic acids is 2. The molecule has 2 unspecified atom stereocenters. The predicted octanol–water partition coefficient (Wildman–Crippen LogP) is 2.55. The Bertz CT molecular complexity index is 430. The first-order chi connectivity index (χ1) is 8.72. The van der Waals surface area contributed by atoms with Crippen LogP contribution in [0.5, 0.6) is 0 Å². The summed E-state index contributed by atoms with van der Waals surface area (Å²) in [5.74, 6) is -0.00626. The zero-order valence-electron chi connectivity index (χ0n) is 10.3. The Morgan fingerprint density at radius 1 is 1.39 bits per heavy atom. The second kappa shape index (κ2) is 6.05. The fraction of sp³-hybridized carbons (Fsp3) is 0.429. The topological polar surface area (TPSA) is 43.4 Å². The molecule has 0 bridgehead atoms. The van der Waals surface area contributed by atoms with Gasteiger partial charge in [0.1, 0.15) is 11.7 Å². The third-order valence-corrected chi connectivity index (χ3v) is 4.44. The number of esters is 1. The Kier molecular flexibility index (Phi) is 4.42. The molecule has 1 aliphatic rings. The van der Waals surface area contributed by atoms with Crippen LogP contribution in [-0.4, -0.2) is 24.6 Å². The molecule has 0 heterocycles. The van der Waals surface area contributed by atoms with Gasteiger partial charge in [-0.05, 0) is 24.5 Å². The van der Waals surface area contributed by atoms with Crippen molar-refractivity contribution in [3.8, 4) is 0 Å². The van der Waals surface area contributed by atoms with Gasteiger partial charge in [0, 0.05) is 17.1 Å². The zero-order chi connectivity index (χ0) is 13.0. The van der Waals surface area contributed by atoms with Gasteiger partial charge in [-0.1, -0.05) is 18.2 Å². The Morgan fingerprint density at radius 3 is 2.78 bits per heavy atom. The van der Waals surface area contributed by atoms with Crippen LogP contribution in [0.4, 0.5) is 0 Å². The van der Waals surface area contributed by atoms with Crippen LogP contribution in [-0.2, 0) is 14.3 Å². The van der Waals surface area contributed by atoms with E-state index in [4.69, 9.17) is 4.74 Å². The minimum Gasteiger partial charge on any atom is -0.468 e. The number of benzene rings is 1. The first-order valence-corrected chi connectivity index (χ1v) is 6.99. The smallest absolute Gasteiger partial charge is 0.316 e. The molecule has 0 amide bonds. The number of rotatable bonds is 4. The quantitative estimate of drug-likeness (QED) is 0.476. The molecule has 1 fully saturated rings. The number of Topliss-reactive ketones (excluding diaryl/α,β-unsaturated/α-hetero) is 1. The third-order valence-electron chi connectivity index (χ3n) is 3.24.